The van der Waals surface area contributed by atoms with Crippen LogP contribution in [-0.2, 0) is 15.9 Å². The lowest BCUT2D eigenvalue weighted by molar-refractivity contribution is 0.296. The summed E-state index contributed by atoms with van der Waals surface area (Å²) in [5, 5.41) is 0.394. The molecule has 2 aromatic rings. The van der Waals surface area contributed by atoms with Crippen molar-refractivity contribution in [3.63, 3.8) is 0 Å². The molecule has 2 aliphatic heterocycles. The molecule has 4 rings (SSSR count). The number of hydrogen-bond acceptors (Lipinski definition) is 6. The van der Waals surface area contributed by atoms with E-state index in [1.54, 1.807) is 14.2 Å². The Morgan fingerprint density at radius 3 is 2.26 bits per heavy atom. The third-order valence-electron chi connectivity index (χ3n) is 5.80. The number of benzene rings is 2. The predicted molar refractivity (Wildman–Crippen MR) is 132 cm³/mol. The van der Waals surface area contributed by atoms with Gasteiger partial charge in [-0.15, -0.1) is 0 Å². The molecule has 0 aromatic heterocycles. The Hall–Kier alpha value is -2.51. The molecule has 0 saturated carbocycles. The van der Waals surface area contributed by atoms with Crippen LogP contribution < -0.4 is 9.47 Å². The second-order valence-corrected chi connectivity index (χ2v) is 9.29. The van der Waals surface area contributed by atoms with Crippen molar-refractivity contribution in [2.45, 2.75) is 38.8 Å². The summed E-state index contributed by atoms with van der Waals surface area (Å²) in [4.78, 5) is 9.55. The van der Waals surface area contributed by atoms with Gasteiger partial charge in [-0.3, -0.25) is 0 Å². The van der Waals surface area contributed by atoms with Crippen LogP contribution in [0, 0.1) is 11.7 Å². The molecule has 0 spiro atoms. The maximum absolute atomic E-state index is 13.8. The van der Waals surface area contributed by atoms with Crippen molar-refractivity contribution in [3.8, 4) is 22.6 Å². The van der Waals surface area contributed by atoms with Crippen molar-refractivity contribution < 1.29 is 23.3 Å². The van der Waals surface area contributed by atoms with E-state index in [9.17, 15) is 4.39 Å². The lowest BCUT2D eigenvalue weighted by atomic mass is 9.96. The van der Waals surface area contributed by atoms with Gasteiger partial charge in [0.1, 0.15) is 17.9 Å². The fourth-order valence-corrected chi connectivity index (χ4v) is 4.83. The minimum atomic E-state index is -0.506. The van der Waals surface area contributed by atoms with Gasteiger partial charge in [0, 0.05) is 29.5 Å². The largest absolute Gasteiger partial charge is 0.489 e. The first-order valence-corrected chi connectivity index (χ1v) is 11.9. The quantitative estimate of drug-likeness (QED) is 0.507. The SMILES string of the molecule is COC1=N[C@H](C(C)C)C(OC)=N[C@H]1Cc1ccc(-c2c(Cl)cc(F)cc2Cl)c2c1OCCCO2. The van der Waals surface area contributed by atoms with E-state index in [-0.39, 0.29) is 28.0 Å². The van der Waals surface area contributed by atoms with Gasteiger partial charge in [0.25, 0.3) is 0 Å². The molecular formula is C25H27Cl2FN2O4. The summed E-state index contributed by atoms with van der Waals surface area (Å²) < 4.78 is 37.1. The van der Waals surface area contributed by atoms with Gasteiger partial charge < -0.3 is 18.9 Å². The average molecular weight is 509 g/mol. The number of halogens is 3. The summed E-state index contributed by atoms with van der Waals surface area (Å²) in [6.45, 7) is 5.08. The summed E-state index contributed by atoms with van der Waals surface area (Å²) in [5.41, 5.74) is 2.00. The molecule has 0 saturated heterocycles. The highest BCUT2D eigenvalue weighted by atomic mass is 35.5. The number of methoxy groups -OCH3 is 2. The third-order valence-corrected chi connectivity index (χ3v) is 6.40. The van der Waals surface area contributed by atoms with Crippen LogP contribution in [0.1, 0.15) is 25.8 Å². The zero-order valence-corrected chi connectivity index (χ0v) is 21.0. The van der Waals surface area contributed by atoms with E-state index < -0.39 is 5.82 Å². The molecule has 0 amide bonds. The number of nitrogens with zero attached hydrogens (tertiary/aromatic N) is 2. The fourth-order valence-electron chi connectivity index (χ4n) is 4.17. The van der Waals surface area contributed by atoms with Gasteiger partial charge in [-0.2, -0.15) is 0 Å². The van der Waals surface area contributed by atoms with Crippen molar-refractivity contribution >= 4 is 35.0 Å². The van der Waals surface area contributed by atoms with Crippen molar-refractivity contribution in [3.05, 3.63) is 45.7 Å². The lowest BCUT2D eigenvalue weighted by Crippen LogP contribution is -2.38. The Labute approximate surface area is 208 Å². The van der Waals surface area contributed by atoms with Crippen LogP contribution in [0.4, 0.5) is 4.39 Å². The molecule has 34 heavy (non-hydrogen) atoms. The molecule has 9 heteroatoms. The minimum Gasteiger partial charge on any atom is -0.489 e. The Bertz CT molecular complexity index is 1110. The zero-order chi connectivity index (χ0) is 24.4. The molecule has 182 valence electrons. The smallest absolute Gasteiger partial charge is 0.209 e. The molecule has 0 unspecified atom stereocenters. The molecule has 6 nitrogen and oxygen atoms in total. The average Bonchev–Trinajstić information content (AvgIpc) is 3.05. The molecule has 2 aliphatic rings. The number of aliphatic imine (C=N–C) groups is 2. The van der Waals surface area contributed by atoms with Gasteiger partial charge in [0.05, 0.1) is 37.5 Å². The van der Waals surface area contributed by atoms with E-state index in [0.717, 1.165) is 5.56 Å². The normalized spacial score (nSPS) is 19.9. The second kappa shape index (κ2) is 10.4. The molecule has 0 fully saturated rings. The fraction of sp³-hybridized carbons (Fsp3) is 0.440. The molecule has 2 heterocycles. The summed E-state index contributed by atoms with van der Waals surface area (Å²) in [6.07, 6.45) is 1.18. The van der Waals surface area contributed by atoms with Crippen LogP contribution in [-0.4, -0.2) is 51.3 Å². The highest BCUT2D eigenvalue weighted by Crippen LogP contribution is 2.47. The molecular weight excluding hydrogens is 482 g/mol. The van der Waals surface area contributed by atoms with E-state index in [4.69, 9.17) is 52.1 Å². The maximum Gasteiger partial charge on any atom is 0.209 e. The number of rotatable bonds is 4. The van der Waals surface area contributed by atoms with Crippen molar-refractivity contribution in [2.24, 2.45) is 15.9 Å². The van der Waals surface area contributed by atoms with Crippen LogP contribution in [0.2, 0.25) is 10.0 Å². The van der Waals surface area contributed by atoms with E-state index in [1.165, 1.54) is 12.1 Å². The summed E-state index contributed by atoms with van der Waals surface area (Å²) in [6, 6.07) is 5.67. The van der Waals surface area contributed by atoms with Crippen LogP contribution in [0.5, 0.6) is 11.5 Å². The first-order chi connectivity index (χ1) is 16.3. The second-order valence-electron chi connectivity index (χ2n) is 8.48. The summed E-state index contributed by atoms with van der Waals surface area (Å²) in [7, 11) is 3.20. The van der Waals surface area contributed by atoms with Gasteiger partial charge in [-0.1, -0.05) is 43.1 Å². The molecule has 0 bridgehead atoms. The minimum absolute atomic E-state index is 0.196. The molecule has 2 atom stereocenters. The van der Waals surface area contributed by atoms with E-state index in [1.807, 2.05) is 12.1 Å². The molecule has 2 aromatic carbocycles. The lowest BCUT2D eigenvalue weighted by Gasteiger charge is -2.27. The van der Waals surface area contributed by atoms with E-state index in [2.05, 4.69) is 13.8 Å². The van der Waals surface area contributed by atoms with E-state index >= 15 is 0 Å². The Morgan fingerprint density at radius 1 is 1.00 bits per heavy atom. The van der Waals surface area contributed by atoms with Gasteiger partial charge in [-0.05, 0) is 24.1 Å². The van der Waals surface area contributed by atoms with Crippen LogP contribution >= 0.6 is 23.2 Å². The Kier molecular flexibility index (Phi) is 7.53. The highest BCUT2D eigenvalue weighted by molar-refractivity contribution is 6.39. The molecule has 0 N–H and O–H groups in total. The third kappa shape index (κ3) is 4.82. The van der Waals surface area contributed by atoms with Crippen molar-refractivity contribution in [2.75, 3.05) is 27.4 Å². The number of ether oxygens (including phenoxy) is 4. The molecule has 0 aliphatic carbocycles. The van der Waals surface area contributed by atoms with Crippen LogP contribution in [0.15, 0.2) is 34.3 Å². The topological polar surface area (TPSA) is 61.6 Å². The highest BCUT2D eigenvalue weighted by Gasteiger charge is 2.32. The first-order valence-electron chi connectivity index (χ1n) is 11.1. The predicted octanol–water partition coefficient (Wildman–Crippen LogP) is 6.00. The summed E-state index contributed by atoms with van der Waals surface area (Å²) >= 11 is 12.7. The van der Waals surface area contributed by atoms with Gasteiger partial charge in [-0.25, -0.2) is 14.4 Å². The molecule has 0 radical (unpaired) electrons. The van der Waals surface area contributed by atoms with E-state index in [0.29, 0.717) is 60.5 Å². The van der Waals surface area contributed by atoms with Crippen LogP contribution in [0.25, 0.3) is 11.1 Å². The first kappa shape index (κ1) is 24.6. The zero-order valence-electron chi connectivity index (χ0n) is 19.5. The van der Waals surface area contributed by atoms with Gasteiger partial charge >= 0.3 is 0 Å². The Balaban J connectivity index is 1.77. The standard InChI is InChI=1S/C25H27Cl2FN2O4/c1-13(2)21-25(32-4)29-19(24(30-21)31-3)10-14-6-7-16(23-22(14)33-8-5-9-34-23)20-17(26)11-15(28)12-18(20)27/h6-7,11-13,19,21H,5,8-10H2,1-4H3/t19-,21+/m0/s1. The monoisotopic (exact) mass is 508 g/mol. The van der Waals surface area contributed by atoms with Gasteiger partial charge in [0.15, 0.2) is 11.5 Å². The van der Waals surface area contributed by atoms with Crippen molar-refractivity contribution in [1.29, 1.82) is 0 Å². The van der Waals surface area contributed by atoms with Gasteiger partial charge in [0.2, 0.25) is 11.8 Å². The number of hydrogen-bond donors (Lipinski definition) is 0. The van der Waals surface area contributed by atoms with Crippen LogP contribution in [0.3, 0.4) is 0 Å². The number of fused-ring (bicyclic) bond motifs is 1. The Morgan fingerprint density at radius 2 is 1.65 bits per heavy atom. The summed E-state index contributed by atoms with van der Waals surface area (Å²) in [5.74, 6) is 1.92. The maximum atomic E-state index is 13.8. The van der Waals surface area contributed by atoms with Crippen molar-refractivity contribution in [1.82, 2.24) is 0 Å².